The van der Waals surface area contributed by atoms with Crippen molar-refractivity contribution in [3.05, 3.63) is 21.9 Å². The standard InChI is InChI=1S/C11H19NOS/c1-4-12-11(6-13-5-2)10-8-14-7-9(10)3/h7-8,11-12H,4-6H2,1-3H3. The Hall–Kier alpha value is -0.380. The topological polar surface area (TPSA) is 21.3 Å². The fourth-order valence-corrected chi connectivity index (χ4v) is 2.37. The Bertz CT molecular complexity index is 260. The van der Waals surface area contributed by atoms with Crippen molar-refractivity contribution in [2.75, 3.05) is 19.8 Å². The molecule has 0 aliphatic carbocycles. The van der Waals surface area contributed by atoms with E-state index in [1.165, 1.54) is 11.1 Å². The van der Waals surface area contributed by atoms with E-state index in [1.807, 2.05) is 6.92 Å². The highest BCUT2D eigenvalue weighted by atomic mass is 32.1. The van der Waals surface area contributed by atoms with Gasteiger partial charge < -0.3 is 10.1 Å². The van der Waals surface area contributed by atoms with Crippen LogP contribution in [0.3, 0.4) is 0 Å². The fourth-order valence-electron chi connectivity index (χ4n) is 1.47. The molecule has 0 amide bonds. The van der Waals surface area contributed by atoms with Gasteiger partial charge in [0, 0.05) is 6.61 Å². The van der Waals surface area contributed by atoms with Crippen LogP contribution >= 0.6 is 11.3 Å². The van der Waals surface area contributed by atoms with Crippen molar-refractivity contribution in [3.63, 3.8) is 0 Å². The van der Waals surface area contributed by atoms with E-state index in [-0.39, 0.29) is 0 Å². The molecule has 0 saturated carbocycles. The van der Waals surface area contributed by atoms with Crippen LogP contribution in [0.2, 0.25) is 0 Å². The number of rotatable bonds is 6. The molecule has 1 atom stereocenters. The van der Waals surface area contributed by atoms with Gasteiger partial charge in [0.05, 0.1) is 12.6 Å². The maximum atomic E-state index is 5.47. The second-order valence-corrected chi connectivity index (χ2v) is 4.02. The van der Waals surface area contributed by atoms with Gasteiger partial charge in [-0.2, -0.15) is 11.3 Å². The third kappa shape index (κ3) is 3.08. The fraction of sp³-hybridized carbons (Fsp3) is 0.636. The summed E-state index contributed by atoms with van der Waals surface area (Å²) < 4.78 is 5.47. The summed E-state index contributed by atoms with van der Waals surface area (Å²) in [5.41, 5.74) is 2.74. The van der Waals surface area contributed by atoms with Gasteiger partial charge in [0.2, 0.25) is 0 Å². The van der Waals surface area contributed by atoms with Crippen LogP contribution in [0.4, 0.5) is 0 Å². The summed E-state index contributed by atoms with van der Waals surface area (Å²) in [7, 11) is 0. The lowest BCUT2D eigenvalue weighted by Crippen LogP contribution is -2.25. The van der Waals surface area contributed by atoms with Crippen molar-refractivity contribution in [3.8, 4) is 0 Å². The Kier molecular flexibility index (Phi) is 5.15. The van der Waals surface area contributed by atoms with Crippen molar-refractivity contribution in [2.24, 2.45) is 0 Å². The molecule has 2 nitrogen and oxygen atoms in total. The third-order valence-electron chi connectivity index (χ3n) is 2.21. The average molecular weight is 213 g/mol. The highest BCUT2D eigenvalue weighted by Gasteiger charge is 2.12. The van der Waals surface area contributed by atoms with Gasteiger partial charge in [-0.1, -0.05) is 6.92 Å². The molecule has 1 aromatic rings. The predicted molar refractivity (Wildman–Crippen MR) is 62.0 cm³/mol. The van der Waals surface area contributed by atoms with Gasteiger partial charge in [-0.3, -0.25) is 0 Å². The summed E-state index contributed by atoms with van der Waals surface area (Å²) in [4.78, 5) is 0. The summed E-state index contributed by atoms with van der Waals surface area (Å²) in [5, 5.41) is 7.84. The monoisotopic (exact) mass is 213 g/mol. The van der Waals surface area contributed by atoms with Crippen molar-refractivity contribution in [1.82, 2.24) is 5.32 Å². The highest BCUT2D eigenvalue weighted by molar-refractivity contribution is 7.08. The van der Waals surface area contributed by atoms with Crippen LogP contribution in [0, 0.1) is 6.92 Å². The molecule has 1 heterocycles. The lowest BCUT2D eigenvalue weighted by atomic mass is 10.1. The minimum atomic E-state index is 0.353. The SMILES string of the molecule is CCNC(COCC)c1cscc1C. The van der Waals surface area contributed by atoms with E-state index < -0.39 is 0 Å². The molecule has 1 N–H and O–H groups in total. The molecule has 14 heavy (non-hydrogen) atoms. The number of nitrogens with one attached hydrogen (secondary N) is 1. The smallest absolute Gasteiger partial charge is 0.0661 e. The second-order valence-electron chi connectivity index (χ2n) is 3.28. The molecular formula is C11H19NOS. The van der Waals surface area contributed by atoms with Crippen molar-refractivity contribution < 1.29 is 4.74 Å². The van der Waals surface area contributed by atoms with Gasteiger partial charge in [0.1, 0.15) is 0 Å². The Morgan fingerprint density at radius 2 is 2.21 bits per heavy atom. The molecule has 1 unspecified atom stereocenters. The van der Waals surface area contributed by atoms with E-state index >= 15 is 0 Å². The van der Waals surface area contributed by atoms with E-state index in [0.29, 0.717) is 6.04 Å². The number of aryl methyl sites for hydroxylation is 1. The van der Waals surface area contributed by atoms with Crippen molar-refractivity contribution in [2.45, 2.75) is 26.8 Å². The molecule has 80 valence electrons. The first-order valence-electron chi connectivity index (χ1n) is 5.13. The van der Waals surface area contributed by atoms with Crippen LogP contribution in [0.5, 0.6) is 0 Å². The molecule has 1 rings (SSSR count). The molecule has 0 aromatic carbocycles. The van der Waals surface area contributed by atoms with Crippen LogP contribution < -0.4 is 5.32 Å². The van der Waals surface area contributed by atoms with Crippen LogP contribution in [0.1, 0.15) is 31.0 Å². The van der Waals surface area contributed by atoms with E-state index in [1.54, 1.807) is 11.3 Å². The quantitative estimate of drug-likeness (QED) is 0.784. The van der Waals surface area contributed by atoms with Gasteiger partial charge in [0.25, 0.3) is 0 Å². The van der Waals surface area contributed by atoms with E-state index in [0.717, 1.165) is 19.8 Å². The first-order valence-corrected chi connectivity index (χ1v) is 6.07. The molecule has 0 saturated heterocycles. The second kappa shape index (κ2) is 6.17. The first kappa shape index (κ1) is 11.7. The van der Waals surface area contributed by atoms with Crippen LogP contribution in [0.15, 0.2) is 10.8 Å². The Morgan fingerprint density at radius 1 is 1.43 bits per heavy atom. The lowest BCUT2D eigenvalue weighted by Gasteiger charge is -2.17. The zero-order valence-electron chi connectivity index (χ0n) is 9.17. The number of hydrogen-bond acceptors (Lipinski definition) is 3. The van der Waals surface area contributed by atoms with Crippen LogP contribution in [-0.2, 0) is 4.74 Å². The summed E-state index contributed by atoms with van der Waals surface area (Å²) in [6.45, 7) is 8.84. The number of hydrogen-bond donors (Lipinski definition) is 1. The normalized spacial score (nSPS) is 13.1. The maximum Gasteiger partial charge on any atom is 0.0661 e. The minimum Gasteiger partial charge on any atom is -0.380 e. The zero-order valence-corrected chi connectivity index (χ0v) is 9.99. The molecule has 0 radical (unpaired) electrons. The lowest BCUT2D eigenvalue weighted by molar-refractivity contribution is 0.123. The van der Waals surface area contributed by atoms with Crippen LogP contribution in [0.25, 0.3) is 0 Å². The van der Waals surface area contributed by atoms with Gasteiger partial charge in [0.15, 0.2) is 0 Å². The summed E-state index contributed by atoms with van der Waals surface area (Å²) in [5.74, 6) is 0. The zero-order chi connectivity index (χ0) is 10.4. The number of ether oxygens (including phenoxy) is 1. The molecule has 0 bridgehead atoms. The molecule has 0 aliphatic heterocycles. The minimum absolute atomic E-state index is 0.353. The van der Waals surface area contributed by atoms with Gasteiger partial charge in [-0.15, -0.1) is 0 Å². The van der Waals surface area contributed by atoms with E-state index in [2.05, 4.69) is 29.9 Å². The van der Waals surface area contributed by atoms with Gasteiger partial charge in [-0.05, 0) is 42.3 Å². The van der Waals surface area contributed by atoms with Gasteiger partial charge in [-0.25, -0.2) is 0 Å². The predicted octanol–water partition coefficient (Wildman–Crippen LogP) is 2.74. The average Bonchev–Trinajstić information content (AvgIpc) is 2.59. The molecule has 0 aliphatic rings. The molecule has 1 aromatic heterocycles. The van der Waals surface area contributed by atoms with E-state index in [9.17, 15) is 0 Å². The first-order chi connectivity index (χ1) is 6.79. The highest BCUT2D eigenvalue weighted by Crippen LogP contribution is 2.21. The summed E-state index contributed by atoms with van der Waals surface area (Å²) in [6.07, 6.45) is 0. The summed E-state index contributed by atoms with van der Waals surface area (Å²) >= 11 is 1.76. The maximum absolute atomic E-state index is 5.47. The Balaban J connectivity index is 2.62. The molecule has 3 heteroatoms. The molecular weight excluding hydrogens is 194 g/mol. The van der Waals surface area contributed by atoms with Crippen LogP contribution in [-0.4, -0.2) is 19.8 Å². The number of thiophene rings is 1. The summed E-state index contributed by atoms with van der Waals surface area (Å²) in [6, 6.07) is 0.353. The van der Waals surface area contributed by atoms with E-state index in [4.69, 9.17) is 4.74 Å². The number of likely N-dealkylation sites (N-methyl/N-ethyl adjacent to an activating group) is 1. The third-order valence-corrected chi connectivity index (χ3v) is 3.09. The Morgan fingerprint density at radius 3 is 2.71 bits per heavy atom. The molecule has 0 spiro atoms. The Labute approximate surface area is 90.3 Å². The molecule has 0 fully saturated rings. The van der Waals surface area contributed by atoms with Crippen molar-refractivity contribution in [1.29, 1.82) is 0 Å². The van der Waals surface area contributed by atoms with Crippen molar-refractivity contribution >= 4 is 11.3 Å². The largest absolute Gasteiger partial charge is 0.380 e. The van der Waals surface area contributed by atoms with Gasteiger partial charge >= 0.3 is 0 Å².